The fourth-order valence-corrected chi connectivity index (χ4v) is 2.37. The fraction of sp³-hybridized carbons (Fsp3) is 0.133. The number of nitrogens with one attached hydrogen (secondary N) is 1. The van der Waals surface area contributed by atoms with Gasteiger partial charge in [-0.2, -0.15) is 5.10 Å². The molecule has 2 rings (SSSR count). The Morgan fingerprint density at radius 2 is 1.81 bits per heavy atom. The lowest BCUT2D eigenvalue weighted by molar-refractivity contribution is 0.331. The predicted octanol–water partition coefficient (Wildman–Crippen LogP) is 3.62. The molecular weight excluding hydrogens is 336 g/mol. The van der Waals surface area contributed by atoms with Gasteiger partial charge in [0.25, 0.3) is 0 Å². The molecule has 0 unspecified atom stereocenters. The lowest BCUT2D eigenvalue weighted by Crippen LogP contribution is -1.96. The summed E-state index contributed by atoms with van der Waals surface area (Å²) < 4.78 is 11.0. The van der Waals surface area contributed by atoms with Crippen LogP contribution in [0, 0.1) is 0 Å². The van der Waals surface area contributed by atoms with E-state index in [1.165, 1.54) is 20.4 Å². The van der Waals surface area contributed by atoms with Gasteiger partial charge in [-0.3, -0.25) is 5.43 Å². The molecule has 0 fully saturated rings. The van der Waals surface area contributed by atoms with Gasteiger partial charge in [-0.05, 0) is 34.1 Å². The lowest BCUT2D eigenvalue weighted by atomic mass is 10.2. The molecule has 2 N–H and O–H groups in total. The largest absolute Gasteiger partial charge is 0.504 e. The van der Waals surface area contributed by atoms with E-state index in [9.17, 15) is 5.11 Å². The number of phenols is 1. The molecule has 0 saturated carbocycles. The molecule has 0 amide bonds. The van der Waals surface area contributed by atoms with Gasteiger partial charge >= 0.3 is 0 Å². The zero-order valence-electron chi connectivity index (χ0n) is 11.6. The number of hydrazone groups is 1. The van der Waals surface area contributed by atoms with E-state index in [4.69, 9.17) is 9.47 Å². The monoisotopic (exact) mass is 350 g/mol. The summed E-state index contributed by atoms with van der Waals surface area (Å²) in [6.45, 7) is 0. The second-order valence-corrected chi connectivity index (χ2v) is 4.95. The van der Waals surface area contributed by atoms with Crippen molar-refractivity contribution in [2.75, 3.05) is 19.6 Å². The first kappa shape index (κ1) is 15.2. The van der Waals surface area contributed by atoms with Crippen molar-refractivity contribution in [3.05, 3.63) is 46.4 Å². The molecular formula is C15H15BrN2O3. The van der Waals surface area contributed by atoms with E-state index in [1.54, 1.807) is 6.07 Å². The summed E-state index contributed by atoms with van der Waals surface area (Å²) in [5.74, 6) is 0.660. The topological polar surface area (TPSA) is 63.1 Å². The van der Waals surface area contributed by atoms with Gasteiger partial charge in [0.05, 0.1) is 30.6 Å². The van der Waals surface area contributed by atoms with Crippen molar-refractivity contribution in [1.82, 2.24) is 0 Å². The standard InChI is InChI=1S/C15H15BrN2O3/c1-20-14-12(16)8-10(13(19)15(14)21-2)9-17-18-11-6-4-3-5-7-11/h3-9,18-19H,1-2H3. The number of rotatable bonds is 5. The number of methoxy groups -OCH3 is 2. The van der Waals surface area contributed by atoms with Gasteiger partial charge in [-0.25, -0.2) is 0 Å². The highest BCUT2D eigenvalue weighted by Crippen LogP contribution is 2.43. The number of aromatic hydroxyl groups is 1. The SMILES string of the molecule is COc1c(Br)cc(C=NNc2ccccc2)c(O)c1OC. The number of para-hydroxylation sites is 1. The normalized spacial score (nSPS) is 10.6. The zero-order chi connectivity index (χ0) is 15.2. The Kier molecular flexibility index (Phi) is 5.05. The van der Waals surface area contributed by atoms with Crippen LogP contribution in [0.4, 0.5) is 5.69 Å². The molecule has 0 heterocycles. The van der Waals surface area contributed by atoms with Crippen molar-refractivity contribution in [2.24, 2.45) is 5.10 Å². The van der Waals surface area contributed by atoms with E-state index in [-0.39, 0.29) is 11.5 Å². The maximum atomic E-state index is 10.2. The van der Waals surface area contributed by atoms with Crippen LogP contribution in [-0.2, 0) is 0 Å². The van der Waals surface area contributed by atoms with Gasteiger partial charge in [-0.1, -0.05) is 18.2 Å². The second kappa shape index (κ2) is 6.99. The highest BCUT2D eigenvalue weighted by molar-refractivity contribution is 9.10. The number of benzene rings is 2. The molecule has 0 aliphatic carbocycles. The van der Waals surface area contributed by atoms with Crippen molar-refractivity contribution in [1.29, 1.82) is 0 Å². The fourth-order valence-electron chi connectivity index (χ4n) is 1.78. The van der Waals surface area contributed by atoms with E-state index in [0.717, 1.165) is 5.69 Å². The second-order valence-electron chi connectivity index (χ2n) is 4.10. The van der Waals surface area contributed by atoms with Crippen LogP contribution in [0.25, 0.3) is 0 Å². The van der Waals surface area contributed by atoms with Gasteiger partial charge in [0, 0.05) is 5.56 Å². The van der Waals surface area contributed by atoms with Crippen LogP contribution < -0.4 is 14.9 Å². The van der Waals surface area contributed by atoms with Crippen molar-refractivity contribution in [2.45, 2.75) is 0 Å². The van der Waals surface area contributed by atoms with E-state index in [0.29, 0.717) is 15.8 Å². The number of nitrogens with zero attached hydrogens (tertiary/aromatic N) is 1. The van der Waals surface area contributed by atoms with Crippen LogP contribution in [0.5, 0.6) is 17.2 Å². The van der Waals surface area contributed by atoms with E-state index in [2.05, 4.69) is 26.5 Å². The van der Waals surface area contributed by atoms with E-state index < -0.39 is 0 Å². The summed E-state index contributed by atoms with van der Waals surface area (Å²) >= 11 is 3.37. The molecule has 2 aromatic carbocycles. The number of phenolic OH excluding ortho intramolecular Hbond substituents is 1. The molecule has 0 aliphatic rings. The number of ether oxygens (including phenoxy) is 2. The van der Waals surface area contributed by atoms with Crippen LogP contribution in [0.1, 0.15) is 5.56 Å². The summed E-state index contributed by atoms with van der Waals surface area (Å²) in [5.41, 5.74) is 4.23. The molecule has 6 heteroatoms. The summed E-state index contributed by atoms with van der Waals surface area (Å²) in [4.78, 5) is 0. The molecule has 110 valence electrons. The molecule has 0 aliphatic heterocycles. The zero-order valence-corrected chi connectivity index (χ0v) is 13.2. The van der Waals surface area contributed by atoms with E-state index in [1.807, 2.05) is 30.3 Å². The highest BCUT2D eigenvalue weighted by atomic mass is 79.9. The maximum absolute atomic E-state index is 10.2. The lowest BCUT2D eigenvalue weighted by Gasteiger charge is -2.12. The first-order chi connectivity index (χ1) is 10.2. The molecule has 0 atom stereocenters. The Balaban J connectivity index is 2.26. The Morgan fingerprint density at radius 1 is 1.14 bits per heavy atom. The van der Waals surface area contributed by atoms with E-state index >= 15 is 0 Å². The van der Waals surface area contributed by atoms with Crippen LogP contribution in [0.3, 0.4) is 0 Å². The Hall–Kier alpha value is -2.21. The summed E-state index contributed by atoms with van der Waals surface area (Å²) in [5, 5.41) is 14.3. The predicted molar refractivity (Wildman–Crippen MR) is 86.6 cm³/mol. The summed E-state index contributed by atoms with van der Waals surface area (Å²) in [7, 11) is 2.97. The maximum Gasteiger partial charge on any atom is 0.204 e. The van der Waals surface area contributed by atoms with Crippen molar-refractivity contribution >= 4 is 27.8 Å². The van der Waals surface area contributed by atoms with Crippen LogP contribution >= 0.6 is 15.9 Å². The smallest absolute Gasteiger partial charge is 0.204 e. The molecule has 5 nitrogen and oxygen atoms in total. The average molecular weight is 351 g/mol. The van der Waals surface area contributed by atoms with Crippen molar-refractivity contribution < 1.29 is 14.6 Å². The number of anilines is 1. The minimum atomic E-state index is -0.0313. The Morgan fingerprint density at radius 3 is 2.43 bits per heavy atom. The van der Waals surface area contributed by atoms with Crippen LogP contribution in [0.15, 0.2) is 46.0 Å². The molecule has 0 bridgehead atoms. The third kappa shape index (κ3) is 3.46. The van der Waals surface area contributed by atoms with Gasteiger partial charge < -0.3 is 14.6 Å². The van der Waals surface area contributed by atoms with Crippen molar-refractivity contribution in [3.8, 4) is 17.2 Å². The first-order valence-electron chi connectivity index (χ1n) is 6.15. The summed E-state index contributed by atoms with van der Waals surface area (Å²) in [6.07, 6.45) is 1.51. The number of hydrogen-bond donors (Lipinski definition) is 2. The quantitative estimate of drug-likeness (QED) is 0.638. The molecule has 0 saturated heterocycles. The first-order valence-corrected chi connectivity index (χ1v) is 6.94. The van der Waals surface area contributed by atoms with Gasteiger partial charge in [0.1, 0.15) is 0 Å². The summed E-state index contributed by atoms with van der Waals surface area (Å²) in [6, 6.07) is 11.2. The molecule has 21 heavy (non-hydrogen) atoms. The molecule has 0 radical (unpaired) electrons. The minimum Gasteiger partial charge on any atom is -0.504 e. The van der Waals surface area contributed by atoms with Crippen LogP contribution in [0.2, 0.25) is 0 Å². The third-order valence-electron chi connectivity index (χ3n) is 2.77. The molecule has 0 aromatic heterocycles. The third-order valence-corrected chi connectivity index (χ3v) is 3.36. The van der Waals surface area contributed by atoms with Gasteiger partial charge in [-0.15, -0.1) is 0 Å². The Labute approximate surface area is 131 Å². The minimum absolute atomic E-state index is 0.0313. The Bertz CT molecular complexity index is 645. The van der Waals surface area contributed by atoms with Gasteiger partial charge in [0.2, 0.25) is 5.75 Å². The van der Waals surface area contributed by atoms with Gasteiger partial charge in [0.15, 0.2) is 11.5 Å². The van der Waals surface area contributed by atoms with Crippen LogP contribution in [-0.4, -0.2) is 25.5 Å². The molecule has 2 aromatic rings. The average Bonchev–Trinajstić information content (AvgIpc) is 2.51. The number of hydrogen-bond acceptors (Lipinski definition) is 5. The highest BCUT2D eigenvalue weighted by Gasteiger charge is 2.17. The molecule has 0 spiro atoms. The number of halogens is 1. The van der Waals surface area contributed by atoms with Crippen molar-refractivity contribution in [3.63, 3.8) is 0 Å².